The summed E-state index contributed by atoms with van der Waals surface area (Å²) in [5, 5.41) is 17.3. The zero-order chi connectivity index (χ0) is 16.6. The average molecular weight is 329 g/mol. The summed E-state index contributed by atoms with van der Waals surface area (Å²) < 4.78 is 0. The van der Waals surface area contributed by atoms with Gasteiger partial charge in [-0.05, 0) is 57.3 Å². The molecule has 1 amide bonds. The van der Waals surface area contributed by atoms with E-state index in [0.717, 1.165) is 57.3 Å². The van der Waals surface area contributed by atoms with Gasteiger partial charge in [0.05, 0.1) is 11.2 Å². The molecule has 0 atom stereocenters. The van der Waals surface area contributed by atoms with Crippen molar-refractivity contribution in [2.45, 2.75) is 68.0 Å². The summed E-state index contributed by atoms with van der Waals surface area (Å²) in [7, 11) is 0. The van der Waals surface area contributed by atoms with E-state index >= 15 is 0 Å². The summed E-state index contributed by atoms with van der Waals surface area (Å²) >= 11 is 0. The van der Waals surface area contributed by atoms with Crippen molar-refractivity contribution in [3.63, 3.8) is 0 Å². The second-order valence-electron chi connectivity index (χ2n) is 8.51. The zero-order valence-electron chi connectivity index (χ0n) is 13.6. The Morgan fingerprint density at radius 1 is 1.17 bits per heavy atom. The summed E-state index contributed by atoms with van der Waals surface area (Å²) in [5.41, 5.74) is 5.30. The highest BCUT2D eigenvalue weighted by Crippen LogP contribution is 2.58. The Hall–Kier alpha value is -1.89. The number of carbonyl (C=O) groups is 1. The lowest BCUT2D eigenvalue weighted by Crippen LogP contribution is -2.63. The lowest BCUT2D eigenvalue weighted by Gasteiger charge is -2.62. The molecule has 0 aromatic carbocycles. The molecule has 1 aromatic rings. The number of aromatic nitrogens is 2. The van der Waals surface area contributed by atoms with Gasteiger partial charge in [0.25, 0.3) is 5.91 Å². The molecule has 0 aliphatic heterocycles. The maximum atomic E-state index is 11.7. The number of carbonyl (C=O) groups excluding carboxylic acids is 1. The average Bonchev–Trinajstić information content (AvgIpc) is 2.94. The van der Waals surface area contributed by atoms with Crippen LogP contribution in [0.1, 0.15) is 61.7 Å². The highest BCUT2D eigenvalue weighted by molar-refractivity contribution is 5.97. The molecule has 128 valence electrons. The molecule has 6 rings (SSSR count). The first-order valence-electron chi connectivity index (χ1n) is 8.84. The molecule has 0 saturated heterocycles. The second-order valence-corrected chi connectivity index (χ2v) is 8.51. The molecule has 1 aromatic heterocycles. The maximum absolute atomic E-state index is 11.7. The molecule has 5 fully saturated rings. The minimum Gasteiger partial charge on any atom is -0.390 e. The lowest BCUT2D eigenvalue weighted by atomic mass is 9.50. The van der Waals surface area contributed by atoms with E-state index in [1.54, 1.807) is 0 Å². The van der Waals surface area contributed by atoms with Crippen molar-refractivity contribution in [1.29, 1.82) is 0 Å². The van der Waals surface area contributed by atoms with E-state index in [2.05, 4.69) is 20.6 Å². The normalized spacial score (nSPS) is 41.5. The monoisotopic (exact) mass is 329 g/mol. The van der Waals surface area contributed by atoms with Gasteiger partial charge in [0.2, 0.25) is 5.95 Å². The number of fused-ring (bicyclic) bond motifs is 2. The fraction of sp³-hybridized carbons (Fsp3) is 0.706. The first-order chi connectivity index (χ1) is 11.4. The molecule has 4 bridgehead atoms. The topological polar surface area (TPSA) is 113 Å². The molecule has 5 aliphatic rings. The molecule has 5 N–H and O–H groups in total. The van der Waals surface area contributed by atoms with Gasteiger partial charge in [-0.15, -0.1) is 0 Å². The van der Waals surface area contributed by atoms with E-state index in [1.807, 2.05) is 0 Å². The first-order valence-corrected chi connectivity index (χ1v) is 8.84. The minimum absolute atomic E-state index is 0.111. The molecule has 5 saturated carbocycles. The second kappa shape index (κ2) is 4.39. The van der Waals surface area contributed by atoms with Crippen LogP contribution in [0.5, 0.6) is 0 Å². The Balaban J connectivity index is 1.41. The van der Waals surface area contributed by atoms with Gasteiger partial charge in [-0.25, -0.2) is 4.98 Å². The Morgan fingerprint density at radius 2 is 1.88 bits per heavy atom. The van der Waals surface area contributed by atoms with E-state index in [9.17, 15) is 9.90 Å². The molecule has 24 heavy (non-hydrogen) atoms. The highest BCUT2D eigenvalue weighted by Gasteiger charge is 2.57. The number of anilines is 2. The van der Waals surface area contributed by atoms with Crippen molar-refractivity contribution < 1.29 is 9.90 Å². The van der Waals surface area contributed by atoms with Crippen LogP contribution in [0.3, 0.4) is 0 Å². The van der Waals surface area contributed by atoms with Crippen LogP contribution in [0.2, 0.25) is 0 Å². The number of nitrogens with one attached hydrogen (secondary N) is 2. The summed E-state index contributed by atoms with van der Waals surface area (Å²) in [4.78, 5) is 20.6. The predicted octanol–water partition coefficient (Wildman–Crippen LogP) is 1.40. The summed E-state index contributed by atoms with van der Waals surface area (Å²) in [6, 6.07) is 0. The highest BCUT2D eigenvalue weighted by atomic mass is 16.3. The molecule has 0 unspecified atom stereocenters. The molecule has 5 aliphatic carbocycles. The Morgan fingerprint density at radius 3 is 2.38 bits per heavy atom. The van der Waals surface area contributed by atoms with Gasteiger partial charge in [0, 0.05) is 17.3 Å². The third-order valence-electron chi connectivity index (χ3n) is 6.66. The number of nitrogens with two attached hydrogens (primary N) is 1. The van der Waals surface area contributed by atoms with Crippen molar-refractivity contribution in [3.05, 3.63) is 11.8 Å². The number of primary amides is 1. The summed E-state index contributed by atoms with van der Waals surface area (Å²) in [5.74, 6) is 1.38. The van der Waals surface area contributed by atoms with Crippen LogP contribution in [-0.2, 0) is 0 Å². The molecular formula is C17H23N5O2. The molecule has 0 radical (unpaired) electrons. The van der Waals surface area contributed by atoms with Gasteiger partial charge in [-0.3, -0.25) is 4.79 Å². The van der Waals surface area contributed by atoms with Gasteiger partial charge in [0.15, 0.2) is 0 Å². The van der Waals surface area contributed by atoms with E-state index in [0.29, 0.717) is 17.3 Å². The zero-order valence-corrected chi connectivity index (χ0v) is 13.6. The van der Waals surface area contributed by atoms with Crippen molar-refractivity contribution in [1.82, 2.24) is 9.97 Å². The molecule has 7 nitrogen and oxygen atoms in total. The number of hydrogen-bond donors (Lipinski definition) is 4. The third kappa shape index (κ3) is 2.03. The Bertz CT molecular complexity index is 709. The maximum Gasteiger partial charge on any atom is 0.254 e. The van der Waals surface area contributed by atoms with Crippen molar-refractivity contribution in [3.8, 4) is 0 Å². The number of aliphatic hydroxyl groups is 1. The van der Waals surface area contributed by atoms with Crippen molar-refractivity contribution in [2.75, 3.05) is 10.6 Å². The quantitative estimate of drug-likeness (QED) is 0.649. The smallest absolute Gasteiger partial charge is 0.254 e. The van der Waals surface area contributed by atoms with Crippen LogP contribution < -0.4 is 16.4 Å². The number of amides is 1. The minimum atomic E-state index is -0.521. The van der Waals surface area contributed by atoms with E-state index < -0.39 is 11.5 Å². The van der Waals surface area contributed by atoms with Crippen LogP contribution in [-0.4, -0.2) is 37.7 Å². The third-order valence-corrected chi connectivity index (χ3v) is 6.66. The summed E-state index contributed by atoms with van der Waals surface area (Å²) in [6.45, 7) is 0. The van der Waals surface area contributed by atoms with E-state index in [1.165, 1.54) is 6.20 Å². The summed E-state index contributed by atoms with van der Waals surface area (Å²) in [6.07, 6.45) is 9.22. The van der Waals surface area contributed by atoms with Gasteiger partial charge < -0.3 is 21.5 Å². The van der Waals surface area contributed by atoms with E-state index in [4.69, 9.17) is 5.73 Å². The van der Waals surface area contributed by atoms with Gasteiger partial charge >= 0.3 is 0 Å². The van der Waals surface area contributed by atoms with Crippen molar-refractivity contribution in [2.24, 2.45) is 11.7 Å². The predicted molar refractivity (Wildman–Crippen MR) is 88.6 cm³/mol. The van der Waals surface area contributed by atoms with Crippen LogP contribution in [0, 0.1) is 5.92 Å². The molecule has 7 heteroatoms. The number of nitrogens with zero attached hydrogens (tertiary/aromatic N) is 2. The number of hydrogen-bond acceptors (Lipinski definition) is 6. The Labute approximate surface area is 140 Å². The first kappa shape index (κ1) is 14.5. The standard InChI is InChI=1S/C17H23N5O2/c18-12(23)11-8-19-14(20-13(11)21-16-5-10(6-16)7-16)22-15-1-3-17(24,9-15)4-2-15/h8,10,24H,1-7,9H2,(H2,18,23)(H2,19,20,21,22)/t10?,15-,16?,17-. The fourth-order valence-corrected chi connectivity index (χ4v) is 5.18. The van der Waals surface area contributed by atoms with Gasteiger partial charge in [0.1, 0.15) is 5.82 Å². The van der Waals surface area contributed by atoms with E-state index in [-0.39, 0.29) is 11.1 Å². The van der Waals surface area contributed by atoms with Crippen LogP contribution in [0.25, 0.3) is 0 Å². The van der Waals surface area contributed by atoms with Crippen LogP contribution >= 0.6 is 0 Å². The van der Waals surface area contributed by atoms with Gasteiger partial charge in [-0.1, -0.05) is 0 Å². The van der Waals surface area contributed by atoms with Crippen LogP contribution in [0.15, 0.2) is 6.20 Å². The SMILES string of the molecule is NC(=O)c1cnc(N[C@]23CC[C@@](O)(CC2)C3)nc1NC12CC(C1)C2. The molecule has 0 spiro atoms. The number of rotatable bonds is 5. The van der Waals surface area contributed by atoms with Crippen LogP contribution in [0.4, 0.5) is 11.8 Å². The fourth-order valence-electron chi connectivity index (χ4n) is 5.18. The molecule has 1 heterocycles. The largest absolute Gasteiger partial charge is 0.390 e. The lowest BCUT2D eigenvalue weighted by molar-refractivity contribution is 0.00177. The van der Waals surface area contributed by atoms with Crippen molar-refractivity contribution >= 4 is 17.7 Å². The van der Waals surface area contributed by atoms with Gasteiger partial charge in [-0.2, -0.15) is 4.98 Å². The molecular weight excluding hydrogens is 306 g/mol. The Kier molecular flexibility index (Phi) is 2.64.